The quantitative estimate of drug-likeness (QED) is 0.748. The molecule has 1 fully saturated rings. The van der Waals surface area contributed by atoms with Gasteiger partial charge in [0.15, 0.2) is 5.76 Å². The summed E-state index contributed by atoms with van der Waals surface area (Å²) in [6.07, 6.45) is 1.93. The van der Waals surface area contributed by atoms with Gasteiger partial charge < -0.3 is 15.5 Å². The number of nitrogens with one attached hydrogen (secondary N) is 1. The first-order chi connectivity index (χ1) is 6.65. The molecule has 14 heavy (non-hydrogen) atoms. The summed E-state index contributed by atoms with van der Waals surface area (Å²) >= 11 is 0. The molecule has 0 aromatic carbocycles. The Kier molecular flexibility index (Phi) is 2.07. The second kappa shape index (κ2) is 3.13. The van der Waals surface area contributed by atoms with E-state index in [0.717, 1.165) is 18.6 Å². The van der Waals surface area contributed by atoms with Crippen LogP contribution < -0.4 is 11.1 Å². The number of rotatable bonds is 3. The maximum Gasteiger partial charge on any atom is 0.287 e. The number of nitrogens with two attached hydrogens (primary N) is 1. The van der Waals surface area contributed by atoms with E-state index in [0.29, 0.717) is 12.3 Å². The van der Waals surface area contributed by atoms with Crippen molar-refractivity contribution in [1.29, 1.82) is 0 Å². The number of hydrogen-bond donors (Lipinski definition) is 2. The Balaban J connectivity index is 2.03. The molecule has 0 radical (unpaired) electrons. The van der Waals surface area contributed by atoms with Gasteiger partial charge in [0.05, 0.1) is 5.54 Å². The number of carbonyl (C=O) groups excluding carboxylic acids is 1. The van der Waals surface area contributed by atoms with Gasteiger partial charge in [-0.1, -0.05) is 0 Å². The first-order valence-corrected chi connectivity index (χ1v) is 4.74. The first-order valence-electron chi connectivity index (χ1n) is 4.74. The van der Waals surface area contributed by atoms with E-state index >= 15 is 0 Å². The summed E-state index contributed by atoms with van der Waals surface area (Å²) in [6, 6.07) is 3.45. The van der Waals surface area contributed by atoms with Crippen molar-refractivity contribution in [3.05, 3.63) is 23.7 Å². The molecule has 0 atom stereocenters. The summed E-state index contributed by atoms with van der Waals surface area (Å²) in [6.45, 7) is 2.31. The van der Waals surface area contributed by atoms with Crippen LogP contribution in [0.15, 0.2) is 16.5 Å². The largest absolute Gasteiger partial charge is 0.456 e. The second-order valence-electron chi connectivity index (χ2n) is 3.85. The molecule has 1 saturated carbocycles. The number of aryl methyl sites for hydroxylation is 1. The minimum absolute atomic E-state index is 0.155. The molecule has 0 spiro atoms. The van der Waals surface area contributed by atoms with E-state index in [2.05, 4.69) is 5.32 Å². The van der Waals surface area contributed by atoms with Crippen molar-refractivity contribution >= 4 is 5.91 Å². The van der Waals surface area contributed by atoms with E-state index in [1.807, 2.05) is 6.92 Å². The van der Waals surface area contributed by atoms with Crippen molar-refractivity contribution < 1.29 is 9.21 Å². The highest BCUT2D eigenvalue weighted by atomic mass is 16.3. The van der Waals surface area contributed by atoms with E-state index in [4.69, 9.17) is 10.2 Å². The lowest BCUT2D eigenvalue weighted by Crippen LogP contribution is -2.42. The molecule has 0 bridgehead atoms. The van der Waals surface area contributed by atoms with Crippen molar-refractivity contribution in [1.82, 2.24) is 5.32 Å². The van der Waals surface area contributed by atoms with E-state index in [1.54, 1.807) is 12.1 Å². The van der Waals surface area contributed by atoms with Crippen LogP contribution in [0.25, 0.3) is 0 Å². The van der Waals surface area contributed by atoms with Crippen molar-refractivity contribution in [3.8, 4) is 0 Å². The lowest BCUT2D eigenvalue weighted by atomic mass is 10.2. The van der Waals surface area contributed by atoms with Gasteiger partial charge in [-0.05, 0) is 31.9 Å². The summed E-state index contributed by atoms with van der Waals surface area (Å²) in [7, 11) is 0. The molecule has 1 amide bonds. The smallest absolute Gasteiger partial charge is 0.287 e. The van der Waals surface area contributed by atoms with Gasteiger partial charge in [-0.2, -0.15) is 0 Å². The average Bonchev–Trinajstić information content (AvgIpc) is 2.80. The van der Waals surface area contributed by atoms with Gasteiger partial charge in [-0.15, -0.1) is 0 Å². The average molecular weight is 194 g/mol. The highest BCUT2D eigenvalue weighted by Crippen LogP contribution is 2.34. The Bertz CT molecular complexity index is 353. The molecule has 0 unspecified atom stereocenters. The Morgan fingerprint density at radius 2 is 2.36 bits per heavy atom. The third kappa shape index (κ3) is 1.65. The third-order valence-corrected chi connectivity index (χ3v) is 2.59. The van der Waals surface area contributed by atoms with Crippen molar-refractivity contribution in [2.75, 3.05) is 6.54 Å². The molecule has 1 heterocycles. The molecular weight excluding hydrogens is 180 g/mol. The van der Waals surface area contributed by atoms with Gasteiger partial charge in [0.2, 0.25) is 0 Å². The summed E-state index contributed by atoms with van der Waals surface area (Å²) in [5, 5.41) is 2.89. The molecule has 1 aromatic rings. The van der Waals surface area contributed by atoms with Crippen LogP contribution in [0.2, 0.25) is 0 Å². The van der Waals surface area contributed by atoms with Gasteiger partial charge in [-0.25, -0.2) is 0 Å². The number of hydrogen-bond acceptors (Lipinski definition) is 3. The van der Waals surface area contributed by atoms with Crippen LogP contribution in [-0.2, 0) is 0 Å². The van der Waals surface area contributed by atoms with Crippen LogP contribution in [-0.4, -0.2) is 18.0 Å². The van der Waals surface area contributed by atoms with Crippen LogP contribution in [0.4, 0.5) is 0 Å². The Morgan fingerprint density at radius 3 is 2.79 bits per heavy atom. The minimum atomic E-state index is -0.166. The van der Waals surface area contributed by atoms with Gasteiger partial charge in [0.1, 0.15) is 5.76 Å². The van der Waals surface area contributed by atoms with E-state index in [1.165, 1.54) is 0 Å². The molecular formula is C10H14N2O2. The van der Waals surface area contributed by atoms with E-state index in [9.17, 15) is 4.79 Å². The molecule has 76 valence electrons. The zero-order valence-electron chi connectivity index (χ0n) is 8.17. The topological polar surface area (TPSA) is 68.3 Å². The normalized spacial score (nSPS) is 17.9. The molecule has 1 aliphatic carbocycles. The molecule has 0 aliphatic heterocycles. The van der Waals surface area contributed by atoms with Crippen molar-refractivity contribution in [2.45, 2.75) is 25.3 Å². The van der Waals surface area contributed by atoms with Crippen LogP contribution >= 0.6 is 0 Å². The highest BCUT2D eigenvalue weighted by Gasteiger charge is 2.43. The maximum atomic E-state index is 11.6. The maximum absolute atomic E-state index is 11.6. The highest BCUT2D eigenvalue weighted by molar-refractivity contribution is 5.92. The van der Waals surface area contributed by atoms with Crippen LogP contribution in [0.5, 0.6) is 0 Å². The fourth-order valence-corrected chi connectivity index (χ4v) is 1.39. The van der Waals surface area contributed by atoms with Crippen LogP contribution in [0, 0.1) is 6.92 Å². The number of furan rings is 1. The van der Waals surface area contributed by atoms with Gasteiger partial charge in [0, 0.05) is 6.54 Å². The predicted octanol–water partition coefficient (Wildman–Crippen LogP) is 0.809. The van der Waals surface area contributed by atoms with E-state index < -0.39 is 0 Å². The van der Waals surface area contributed by atoms with Crippen LogP contribution in [0.1, 0.15) is 29.2 Å². The molecule has 1 aromatic heterocycles. The molecule has 1 aliphatic rings. The lowest BCUT2D eigenvalue weighted by Gasteiger charge is -2.13. The second-order valence-corrected chi connectivity index (χ2v) is 3.85. The van der Waals surface area contributed by atoms with E-state index in [-0.39, 0.29) is 11.4 Å². The fraction of sp³-hybridized carbons (Fsp3) is 0.500. The molecule has 4 nitrogen and oxygen atoms in total. The van der Waals surface area contributed by atoms with Gasteiger partial charge in [0.25, 0.3) is 5.91 Å². The fourth-order valence-electron chi connectivity index (χ4n) is 1.39. The third-order valence-electron chi connectivity index (χ3n) is 2.59. The number of amides is 1. The zero-order valence-corrected chi connectivity index (χ0v) is 8.17. The molecule has 0 saturated heterocycles. The van der Waals surface area contributed by atoms with Gasteiger partial charge >= 0.3 is 0 Å². The lowest BCUT2D eigenvalue weighted by molar-refractivity contribution is 0.0903. The first kappa shape index (κ1) is 9.27. The monoisotopic (exact) mass is 194 g/mol. The Hall–Kier alpha value is -1.29. The molecule has 4 heteroatoms. The minimum Gasteiger partial charge on any atom is -0.456 e. The van der Waals surface area contributed by atoms with Crippen LogP contribution in [0.3, 0.4) is 0 Å². The summed E-state index contributed by atoms with van der Waals surface area (Å²) < 4.78 is 5.21. The SMILES string of the molecule is Cc1ccc(C(=O)NC2(CN)CC2)o1. The molecule has 2 rings (SSSR count). The van der Waals surface area contributed by atoms with Crippen molar-refractivity contribution in [2.24, 2.45) is 5.73 Å². The summed E-state index contributed by atoms with van der Waals surface area (Å²) in [5.41, 5.74) is 5.40. The summed E-state index contributed by atoms with van der Waals surface area (Å²) in [4.78, 5) is 11.6. The molecule has 3 N–H and O–H groups in total. The standard InChI is InChI=1S/C10H14N2O2/c1-7-2-3-8(14-7)9(13)12-10(6-11)4-5-10/h2-3H,4-6,11H2,1H3,(H,12,13). The predicted molar refractivity (Wildman–Crippen MR) is 51.9 cm³/mol. The Labute approximate surface area is 82.5 Å². The van der Waals surface area contributed by atoms with Gasteiger partial charge in [-0.3, -0.25) is 4.79 Å². The zero-order chi connectivity index (χ0) is 10.2. The van der Waals surface area contributed by atoms with Crippen molar-refractivity contribution in [3.63, 3.8) is 0 Å². The number of carbonyl (C=O) groups is 1. The summed E-state index contributed by atoms with van der Waals surface area (Å²) in [5.74, 6) is 0.941. The Morgan fingerprint density at radius 1 is 1.64 bits per heavy atom.